The van der Waals surface area contributed by atoms with Gasteiger partial charge in [0.1, 0.15) is 18.4 Å². The van der Waals surface area contributed by atoms with E-state index in [4.69, 9.17) is 20.3 Å². The van der Waals surface area contributed by atoms with Gasteiger partial charge < -0.3 is 25.2 Å². The average Bonchev–Trinajstić information content (AvgIpc) is 2.85. The van der Waals surface area contributed by atoms with Gasteiger partial charge >= 0.3 is 19.8 Å². The third-order valence-electron chi connectivity index (χ3n) is 5.41. The Morgan fingerprint density at radius 1 is 0.944 bits per heavy atom. The number of rotatable bonds is 22. The SMILES string of the molecule is CCCCCCCCCCCOc1ccccc1CCC(=O)OCCOP(=O)(O)OC[C@H](N)C(=O)O. The van der Waals surface area contributed by atoms with E-state index >= 15 is 0 Å². The van der Waals surface area contributed by atoms with Crippen LogP contribution in [0.25, 0.3) is 0 Å². The molecule has 0 radical (unpaired) electrons. The highest BCUT2D eigenvalue weighted by Crippen LogP contribution is 2.42. The van der Waals surface area contributed by atoms with E-state index in [0.717, 1.165) is 24.2 Å². The van der Waals surface area contributed by atoms with Crippen LogP contribution in [0.3, 0.4) is 0 Å². The molecule has 0 amide bonds. The first kappa shape index (κ1) is 32.1. The number of nitrogens with two attached hydrogens (primary N) is 1. The highest BCUT2D eigenvalue weighted by Gasteiger charge is 2.24. The lowest BCUT2D eigenvalue weighted by Gasteiger charge is -2.14. The summed E-state index contributed by atoms with van der Waals surface area (Å²) in [6.07, 6.45) is 11.7. The van der Waals surface area contributed by atoms with Crippen molar-refractivity contribution in [2.75, 3.05) is 26.4 Å². The Hall–Kier alpha value is -1.97. The van der Waals surface area contributed by atoms with Gasteiger partial charge in [-0.2, -0.15) is 0 Å². The predicted molar refractivity (Wildman–Crippen MR) is 136 cm³/mol. The van der Waals surface area contributed by atoms with E-state index in [1.807, 2.05) is 24.3 Å². The molecule has 0 aliphatic carbocycles. The van der Waals surface area contributed by atoms with Crippen LogP contribution in [0.5, 0.6) is 5.75 Å². The summed E-state index contributed by atoms with van der Waals surface area (Å²) in [5, 5.41) is 8.63. The van der Waals surface area contributed by atoms with Gasteiger partial charge in [-0.3, -0.25) is 18.6 Å². The molecular formula is C25H42NO9P. The highest BCUT2D eigenvalue weighted by molar-refractivity contribution is 7.47. The number of phosphoric ester groups is 1. The smallest absolute Gasteiger partial charge is 0.472 e. The molecule has 0 spiro atoms. The zero-order chi connectivity index (χ0) is 26.7. The number of carbonyl (C=O) groups excluding carboxylic acids is 1. The van der Waals surface area contributed by atoms with Crippen molar-refractivity contribution in [3.8, 4) is 5.75 Å². The number of phosphoric acid groups is 1. The Labute approximate surface area is 214 Å². The molecule has 2 atom stereocenters. The van der Waals surface area contributed by atoms with Gasteiger partial charge in [0.2, 0.25) is 0 Å². The first-order chi connectivity index (χ1) is 17.2. The zero-order valence-corrected chi connectivity index (χ0v) is 22.2. The number of aliphatic carboxylic acids is 1. The number of carboxylic acids is 1. The third kappa shape index (κ3) is 15.9. The van der Waals surface area contributed by atoms with Crippen molar-refractivity contribution < 1.29 is 42.7 Å². The highest BCUT2D eigenvalue weighted by atomic mass is 31.2. The Morgan fingerprint density at radius 3 is 2.25 bits per heavy atom. The van der Waals surface area contributed by atoms with Gasteiger partial charge in [-0.25, -0.2) is 4.57 Å². The van der Waals surface area contributed by atoms with Crippen molar-refractivity contribution in [3.05, 3.63) is 29.8 Å². The first-order valence-corrected chi connectivity index (χ1v) is 14.2. The number of ether oxygens (including phenoxy) is 2. The molecular weight excluding hydrogens is 489 g/mol. The topological polar surface area (TPSA) is 155 Å². The number of esters is 1. The maximum absolute atomic E-state index is 12.0. The van der Waals surface area contributed by atoms with Crippen LogP contribution in [0.2, 0.25) is 0 Å². The fourth-order valence-electron chi connectivity index (χ4n) is 3.35. The van der Waals surface area contributed by atoms with Crippen LogP contribution in [0.4, 0.5) is 0 Å². The van der Waals surface area contributed by atoms with Crippen LogP contribution in [-0.4, -0.2) is 54.4 Å². The molecule has 0 saturated carbocycles. The van der Waals surface area contributed by atoms with E-state index in [1.165, 1.54) is 44.9 Å². The summed E-state index contributed by atoms with van der Waals surface area (Å²) < 4.78 is 31.7. The molecule has 1 rings (SSSR count). The number of aryl methyl sites for hydroxylation is 1. The molecule has 0 aliphatic heterocycles. The molecule has 0 aliphatic rings. The molecule has 1 unspecified atom stereocenters. The Kier molecular flexibility index (Phi) is 17.1. The van der Waals surface area contributed by atoms with Gasteiger partial charge in [-0.15, -0.1) is 0 Å². The number of hydrogen-bond donors (Lipinski definition) is 3. The summed E-state index contributed by atoms with van der Waals surface area (Å²) in [4.78, 5) is 32.1. The van der Waals surface area contributed by atoms with Crippen molar-refractivity contribution in [3.63, 3.8) is 0 Å². The largest absolute Gasteiger partial charge is 0.493 e. The van der Waals surface area contributed by atoms with E-state index in [-0.39, 0.29) is 19.6 Å². The Morgan fingerprint density at radius 2 is 1.58 bits per heavy atom. The number of benzene rings is 1. The van der Waals surface area contributed by atoms with Gasteiger partial charge in [0.15, 0.2) is 0 Å². The van der Waals surface area contributed by atoms with Gasteiger partial charge in [0, 0.05) is 6.42 Å². The minimum atomic E-state index is -4.49. The first-order valence-electron chi connectivity index (χ1n) is 12.7. The van der Waals surface area contributed by atoms with E-state index < -0.39 is 32.4 Å². The van der Waals surface area contributed by atoms with E-state index in [0.29, 0.717) is 13.0 Å². The average molecular weight is 532 g/mol. The summed E-state index contributed by atoms with van der Waals surface area (Å²) in [6.45, 7) is 1.53. The molecule has 0 fully saturated rings. The van der Waals surface area contributed by atoms with Crippen molar-refractivity contribution in [1.29, 1.82) is 0 Å². The monoisotopic (exact) mass is 531 g/mol. The molecule has 10 nitrogen and oxygen atoms in total. The fraction of sp³-hybridized carbons (Fsp3) is 0.680. The second-order valence-electron chi connectivity index (χ2n) is 8.55. The second-order valence-corrected chi connectivity index (χ2v) is 10.0. The lowest BCUT2D eigenvalue weighted by atomic mass is 10.1. The van der Waals surface area contributed by atoms with Gasteiger partial charge in [0.25, 0.3) is 0 Å². The van der Waals surface area contributed by atoms with Crippen LogP contribution in [0.1, 0.15) is 76.7 Å². The molecule has 0 heterocycles. The molecule has 206 valence electrons. The van der Waals surface area contributed by atoms with Crippen molar-refractivity contribution >= 4 is 19.8 Å². The zero-order valence-electron chi connectivity index (χ0n) is 21.3. The van der Waals surface area contributed by atoms with Crippen LogP contribution >= 0.6 is 7.82 Å². The van der Waals surface area contributed by atoms with Crippen LogP contribution in [-0.2, 0) is 34.4 Å². The lowest BCUT2D eigenvalue weighted by Crippen LogP contribution is -2.34. The van der Waals surface area contributed by atoms with E-state index in [9.17, 15) is 19.0 Å². The quantitative estimate of drug-likeness (QED) is 0.110. The second kappa shape index (κ2) is 19.2. The number of hydrogen-bond acceptors (Lipinski definition) is 8. The Balaban J connectivity index is 2.21. The van der Waals surface area contributed by atoms with Gasteiger partial charge in [-0.05, 0) is 24.5 Å². The van der Waals surface area contributed by atoms with Crippen LogP contribution in [0, 0.1) is 0 Å². The number of carbonyl (C=O) groups is 2. The molecule has 11 heteroatoms. The maximum atomic E-state index is 12.0. The van der Waals surface area contributed by atoms with Crippen molar-refractivity contribution in [1.82, 2.24) is 0 Å². The van der Waals surface area contributed by atoms with Gasteiger partial charge in [-0.1, -0.05) is 76.5 Å². The summed E-state index contributed by atoms with van der Waals surface area (Å²) in [5.41, 5.74) is 6.10. The fourth-order valence-corrected chi connectivity index (χ4v) is 4.07. The summed E-state index contributed by atoms with van der Waals surface area (Å²) in [5.74, 6) is -1.11. The molecule has 0 saturated heterocycles. The molecule has 1 aromatic carbocycles. The normalized spacial score (nSPS) is 13.6. The van der Waals surface area contributed by atoms with E-state index in [2.05, 4.69) is 16.0 Å². The van der Waals surface area contributed by atoms with Crippen molar-refractivity contribution in [2.24, 2.45) is 5.73 Å². The van der Waals surface area contributed by atoms with Crippen LogP contribution < -0.4 is 10.5 Å². The number of unbranched alkanes of at least 4 members (excludes halogenated alkanes) is 8. The Bertz CT molecular complexity index is 805. The predicted octanol–water partition coefficient (Wildman–Crippen LogP) is 4.62. The number of para-hydroxylation sites is 1. The lowest BCUT2D eigenvalue weighted by molar-refractivity contribution is -0.144. The minimum absolute atomic E-state index is 0.110. The molecule has 36 heavy (non-hydrogen) atoms. The van der Waals surface area contributed by atoms with Crippen LogP contribution in [0.15, 0.2) is 24.3 Å². The summed E-state index contributed by atoms with van der Waals surface area (Å²) >= 11 is 0. The molecule has 1 aromatic rings. The van der Waals surface area contributed by atoms with E-state index in [1.54, 1.807) is 0 Å². The standard InChI is InChI=1S/C25H42NO9P/c1-2-3-4-5-6-7-8-9-12-17-32-23-14-11-10-13-21(23)15-16-24(27)33-18-19-34-36(30,31)35-20-22(26)25(28)29/h10-11,13-14,22H,2-9,12,15-20,26H2,1H3,(H,28,29)(H,30,31)/t22-/m0/s1. The molecule has 0 aromatic heterocycles. The van der Waals surface area contributed by atoms with Gasteiger partial charge in [0.05, 0.1) is 19.8 Å². The number of carboxylic acid groups (broad SMARTS) is 1. The third-order valence-corrected chi connectivity index (χ3v) is 6.40. The molecule has 4 N–H and O–H groups in total. The summed E-state index contributed by atoms with van der Waals surface area (Å²) in [7, 11) is -4.49. The maximum Gasteiger partial charge on any atom is 0.472 e. The molecule has 0 bridgehead atoms. The van der Waals surface area contributed by atoms with Crippen molar-refractivity contribution in [2.45, 2.75) is 83.6 Å². The summed E-state index contributed by atoms with van der Waals surface area (Å²) in [6, 6.07) is 6.11. The minimum Gasteiger partial charge on any atom is -0.493 e.